The van der Waals surface area contributed by atoms with E-state index in [0.717, 1.165) is 18.9 Å². The average molecular weight is 234 g/mol. The molecule has 3 heteroatoms. The fourth-order valence-electron chi connectivity index (χ4n) is 2.56. The Morgan fingerprint density at radius 1 is 1.35 bits per heavy atom. The summed E-state index contributed by atoms with van der Waals surface area (Å²) in [6.45, 7) is 2.89. The van der Waals surface area contributed by atoms with Crippen LogP contribution >= 0.6 is 0 Å². The van der Waals surface area contributed by atoms with Gasteiger partial charge >= 0.3 is 0 Å². The third kappa shape index (κ3) is 3.28. The molecule has 0 heterocycles. The molecule has 94 valence electrons. The van der Waals surface area contributed by atoms with Crippen LogP contribution in [0.15, 0.2) is 30.3 Å². The molecule has 1 aromatic carbocycles. The lowest BCUT2D eigenvalue weighted by atomic mass is 9.77. The normalized spacial score (nSPS) is 25.3. The second-order valence-electron chi connectivity index (χ2n) is 4.78. The lowest BCUT2D eigenvalue weighted by molar-refractivity contribution is -0.0291. The molecule has 0 aliphatic heterocycles. The van der Waals surface area contributed by atoms with Crippen LogP contribution in [-0.2, 0) is 4.74 Å². The highest BCUT2D eigenvalue weighted by molar-refractivity contribution is 5.18. The Balaban J connectivity index is 1.82. The van der Waals surface area contributed by atoms with Crippen LogP contribution in [0.4, 0.5) is 0 Å². The zero-order valence-corrected chi connectivity index (χ0v) is 10.4. The first-order valence-electron chi connectivity index (χ1n) is 6.46. The first-order chi connectivity index (χ1) is 8.33. The van der Waals surface area contributed by atoms with Crippen LogP contribution < -0.4 is 11.3 Å². The molecule has 0 spiro atoms. The highest BCUT2D eigenvalue weighted by atomic mass is 16.5. The molecule has 3 nitrogen and oxygen atoms in total. The second-order valence-corrected chi connectivity index (χ2v) is 4.78. The summed E-state index contributed by atoms with van der Waals surface area (Å²) >= 11 is 0. The quantitative estimate of drug-likeness (QED) is 0.587. The summed E-state index contributed by atoms with van der Waals surface area (Å²) in [5.74, 6) is 6.39. The minimum atomic E-state index is 0.267. The van der Waals surface area contributed by atoms with Gasteiger partial charge in [-0.05, 0) is 37.7 Å². The molecule has 0 aromatic heterocycles. The molecule has 0 saturated heterocycles. The topological polar surface area (TPSA) is 47.3 Å². The molecular formula is C14H22N2O. The highest BCUT2D eigenvalue weighted by Crippen LogP contribution is 2.36. The molecule has 2 rings (SSSR count). The Bertz CT molecular complexity index is 322. The van der Waals surface area contributed by atoms with Gasteiger partial charge in [0.1, 0.15) is 0 Å². The highest BCUT2D eigenvalue weighted by Gasteiger charge is 2.31. The first kappa shape index (κ1) is 12.6. The number of hydrogen-bond donors (Lipinski definition) is 2. The summed E-state index contributed by atoms with van der Waals surface area (Å²) in [5, 5.41) is 0. The molecule has 0 amide bonds. The number of benzene rings is 1. The molecule has 1 atom stereocenters. The third-order valence-electron chi connectivity index (χ3n) is 3.57. The maximum Gasteiger partial charge on any atom is 0.0580 e. The number of nitrogens with one attached hydrogen (secondary N) is 1. The Morgan fingerprint density at radius 3 is 2.65 bits per heavy atom. The molecule has 1 aliphatic rings. The van der Waals surface area contributed by atoms with Crippen LogP contribution in [0.3, 0.4) is 0 Å². The minimum Gasteiger partial charge on any atom is -0.378 e. The minimum absolute atomic E-state index is 0.267. The van der Waals surface area contributed by atoms with Gasteiger partial charge < -0.3 is 4.74 Å². The van der Waals surface area contributed by atoms with Crippen LogP contribution in [0.2, 0.25) is 0 Å². The molecular weight excluding hydrogens is 212 g/mol. The lowest BCUT2D eigenvalue weighted by Crippen LogP contribution is -2.36. The second kappa shape index (κ2) is 6.15. The van der Waals surface area contributed by atoms with Crippen LogP contribution in [0.1, 0.15) is 37.8 Å². The molecule has 1 fully saturated rings. The Hall–Kier alpha value is -0.900. The number of ether oxygens (including phenoxy) is 1. The van der Waals surface area contributed by atoms with Crippen molar-refractivity contribution < 1.29 is 4.74 Å². The van der Waals surface area contributed by atoms with E-state index in [1.807, 2.05) is 6.07 Å². The summed E-state index contributed by atoms with van der Waals surface area (Å²) in [6.07, 6.45) is 3.95. The maximum atomic E-state index is 5.64. The Kier molecular flexibility index (Phi) is 4.54. The number of hydrazine groups is 1. The van der Waals surface area contributed by atoms with Crippen molar-refractivity contribution in [3.63, 3.8) is 0 Å². The summed E-state index contributed by atoms with van der Waals surface area (Å²) < 4.78 is 5.58. The SMILES string of the molecule is CCOC1CC(CC(NN)c2ccccc2)C1. The van der Waals surface area contributed by atoms with Crippen molar-refractivity contribution in [1.82, 2.24) is 5.43 Å². The predicted octanol–water partition coefficient (Wildman–Crippen LogP) is 2.40. The van der Waals surface area contributed by atoms with Gasteiger partial charge in [0.15, 0.2) is 0 Å². The fourth-order valence-corrected chi connectivity index (χ4v) is 2.56. The first-order valence-corrected chi connectivity index (χ1v) is 6.46. The van der Waals surface area contributed by atoms with Gasteiger partial charge in [-0.25, -0.2) is 0 Å². The van der Waals surface area contributed by atoms with Crippen LogP contribution in [0.5, 0.6) is 0 Å². The van der Waals surface area contributed by atoms with E-state index in [1.54, 1.807) is 0 Å². The Labute approximate surface area is 103 Å². The monoisotopic (exact) mass is 234 g/mol. The zero-order chi connectivity index (χ0) is 12.1. The summed E-state index contributed by atoms with van der Waals surface area (Å²) in [6, 6.07) is 10.7. The van der Waals surface area contributed by atoms with Gasteiger partial charge in [0.2, 0.25) is 0 Å². The van der Waals surface area contributed by atoms with Crippen molar-refractivity contribution in [1.29, 1.82) is 0 Å². The molecule has 0 bridgehead atoms. The predicted molar refractivity (Wildman–Crippen MR) is 69.3 cm³/mol. The molecule has 17 heavy (non-hydrogen) atoms. The van der Waals surface area contributed by atoms with Crippen LogP contribution in [0, 0.1) is 5.92 Å². The van der Waals surface area contributed by atoms with E-state index in [0.29, 0.717) is 6.10 Å². The zero-order valence-electron chi connectivity index (χ0n) is 10.4. The van der Waals surface area contributed by atoms with E-state index in [-0.39, 0.29) is 6.04 Å². The lowest BCUT2D eigenvalue weighted by Gasteiger charge is -2.37. The molecule has 1 aromatic rings. The maximum absolute atomic E-state index is 5.64. The van der Waals surface area contributed by atoms with Gasteiger partial charge in [-0.15, -0.1) is 0 Å². The molecule has 1 unspecified atom stereocenters. The molecule has 3 N–H and O–H groups in total. The van der Waals surface area contributed by atoms with Crippen molar-refractivity contribution in [2.45, 2.75) is 38.3 Å². The van der Waals surface area contributed by atoms with Gasteiger partial charge in [-0.1, -0.05) is 30.3 Å². The summed E-state index contributed by atoms with van der Waals surface area (Å²) in [4.78, 5) is 0. The van der Waals surface area contributed by atoms with E-state index in [1.165, 1.54) is 18.4 Å². The summed E-state index contributed by atoms with van der Waals surface area (Å²) in [5.41, 5.74) is 4.20. The van der Waals surface area contributed by atoms with Crippen molar-refractivity contribution >= 4 is 0 Å². The number of hydrogen-bond acceptors (Lipinski definition) is 3. The van der Waals surface area contributed by atoms with E-state index >= 15 is 0 Å². The van der Waals surface area contributed by atoms with Crippen molar-refractivity contribution in [3.05, 3.63) is 35.9 Å². The van der Waals surface area contributed by atoms with Gasteiger partial charge in [0, 0.05) is 12.6 Å². The van der Waals surface area contributed by atoms with Crippen molar-refractivity contribution in [2.75, 3.05) is 6.61 Å². The van der Waals surface area contributed by atoms with Gasteiger partial charge in [-0.2, -0.15) is 0 Å². The Morgan fingerprint density at radius 2 is 2.06 bits per heavy atom. The van der Waals surface area contributed by atoms with Crippen LogP contribution in [-0.4, -0.2) is 12.7 Å². The van der Waals surface area contributed by atoms with Crippen molar-refractivity contribution in [2.24, 2.45) is 11.8 Å². The number of nitrogens with two attached hydrogens (primary N) is 1. The van der Waals surface area contributed by atoms with Gasteiger partial charge in [0.25, 0.3) is 0 Å². The molecule has 1 aliphatic carbocycles. The van der Waals surface area contributed by atoms with Crippen molar-refractivity contribution in [3.8, 4) is 0 Å². The van der Waals surface area contributed by atoms with Gasteiger partial charge in [-0.3, -0.25) is 11.3 Å². The van der Waals surface area contributed by atoms with E-state index in [9.17, 15) is 0 Å². The van der Waals surface area contributed by atoms with E-state index in [2.05, 4.69) is 36.6 Å². The third-order valence-corrected chi connectivity index (χ3v) is 3.57. The van der Waals surface area contributed by atoms with E-state index in [4.69, 9.17) is 10.6 Å². The average Bonchev–Trinajstić information content (AvgIpc) is 2.33. The standard InChI is InChI=1S/C14H22N2O/c1-2-17-13-8-11(9-13)10-14(16-15)12-6-4-3-5-7-12/h3-7,11,13-14,16H,2,8-10,15H2,1H3. The largest absolute Gasteiger partial charge is 0.378 e. The number of rotatable bonds is 6. The van der Waals surface area contributed by atoms with E-state index < -0.39 is 0 Å². The van der Waals surface area contributed by atoms with Gasteiger partial charge in [0.05, 0.1) is 6.10 Å². The fraction of sp³-hybridized carbons (Fsp3) is 0.571. The molecule has 0 radical (unpaired) electrons. The smallest absolute Gasteiger partial charge is 0.0580 e. The summed E-state index contributed by atoms with van der Waals surface area (Å²) in [7, 11) is 0. The van der Waals surface area contributed by atoms with Crippen LogP contribution in [0.25, 0.3) is 0 Å². The molecule has 1 saturated carbocycles.